The molecule has 2 atom stereocenters. The molecular formula is C72H143NO8P+. The molecule has 0 aliphatic rings. The zero-order valence-electron chi connectivity index (χ0n) is 55.8. The lowest BCUT2D eigenvalue weighted by atomic mass is 10.0. The standard InChI is InChI=1S/C72H142NO8P/c1-6-8-10-12-14-16-18-20-22-24-26-28-30-32-34-35-36-37-39-40-42-44-46-48-50-52-54-56-58-60-62-64-71(74)78-68-70(69-80-82(76,77)79-67-66-73(3,4)5)81-72(75)65-63-61-59-57-55-53-51-49-47-45-43-41-38-33-31-29-27-25-23-21-19-17-15-13-11-9-7-2/h25,27,70H,6-24,26,28-69H2,1-5H3/p+1/b27-25-. The fourth-order valence-corrected chi connectivity index (χ4v) is 11.9. The number of carbonyl (C=O) groups is 2. The van der Waals surface area contributed by atoms with Crippen LogP contribution < -0.4 is 0 Å². The van der Waals surface area contributed by atoms with E-state index in [2.05, 4.69) is 26.0 Å². The van der Waals surface area contributed by atoms with E-state index in [1.165, 1.54) is 321 Å². The summed E-state index contributed by atoms with van der Waals surface area (Å²) in [6.45, 7) is 4.52. The van der Waals surface area contributed by atoms with Crippen molar-refractivity contribution in [3.63, 3.8) is 0 Å². The molecule has 0 aromatic heterocycles. The van der Waals surface area contributed by atoms with Crippen LogP contribution in [0.25, 0.3) is 0 Å². The molecule has 0 heterocycles. The first-order chi connectivity index (χ1) is 40.0. The van der Waals surface area contributed by atoms with Crippen molar-refractivity contribution in [1.29, 1.82) is 0 Å². The Hall–Kier alpha value is -1.25. The van der Waals surface area contributed by atoms with E-state index in [1.54, 1.807) is 0 Å². The van der Waals surface area contributed by atoms with Crippen molar-refractivity contribution >= 4 is 19.8 Å². The van der Waals surface area contributed by atoms with Gasteiger partial charge in [-0.05, 0) is 38.5 Å². The van der Waals surface area contributed by atoms with Crippen molar-refractivity contribution < 1.29 is 42.1 Å². The summed E-state index contributed by atoms with van der Waals surface area (Å²) in [6, 6.07) is 0. The number of unbranched alkanes of at least 4 members (excludes halogenated alkanes) is 53. The summed E-state index contributed by atoms with van der Waals surface area (Å²) >= 11 is 0. The number of allylic oxidation sites excluding steroid dienone is 2. The smallest absolute Gasteiger partial charge is 0.462 e. The zero-order valence-corrected chi connectivity index (χ0v) is 56.7. The van der Waals surface area contributed by atoms with Crippen LogP contribution in [-0.4, -0.2) is 74.9 Å². The highest BCUT2D eigenvalue weighted by atomic mass is 31.2. The van der Waals surface area contributed by atoms with E-state index in [4.69, 9.17) is 18.5 Å². The fraction of sp³-hybridized carbons (Fsp3) is 0.944. The number of likely N-dealkylation sites (N-methyl/N-ethyl adjacent to an activating group) is 1. The topological polar surface area (TPSA) is 108 Å². The molecule has 0 radical (unpaired) electrons. The highest BCUT2D eigenvalue weighted by molar-refractivity contribution is 7.47. The van der Waals surface area contributed by atoms with Crippen LogP contribution in [0.15, 0.2) is 12.2 Å². The van der Waals surface area contributed by atoms with Gasteiger partial charge in [-0.2, -0.15) is 0 Å². The Kier molecular flexibility index (Phi) is 63.3. The first-order valence-electron chi connectivity index (χ1n) is 36.4. The predicted octanol–water partition coefficient (Wildman–Crippen LogP) is 23.5. The van der Waals surface area contributed by atoms with Crippen LogP contribution >= 0.6 is 7.82 Å². The minimum absolute atomic E-state index is 0.0363. The van der Waals surface area contributed by atoms with Crippen molar-refractivity contribution in [3.8, 4) is 0 Å². The summed E-state index contributed by atoms with van der Waals surface area (Å²) in [5.74, 6) is -0.770. The fourth-order valence-electron chi connectivity index (χ4n) is 11.2. The molecule has 0 aliphatic heterocycles. The lowest BCUT2D eigenvalue weighted by Crippen LogP contribution is -2.37. The average molecular weight is 1180 g/mol. The van der Waals surface area contributed by atoms with Gasteiger partial charge in [0.25, 0.3) is 0 Å². The third-order valence-corrected chi connectivity index (χ3v) is 17.8. The minimum atomic E-state index is -4.39. The number of carbonyl (C=O) groups excluding carboxylic acids is 2. The summed E-state index contributed by atoms with van der Waals surface area (Å²) in [7, 11) is 1.50. The molecule has 0 fully saturated rings. The van der Waals surface area contributed by atoms with E-state index < -0.39 is 26.5 Å². The third-order valence-electron chi connectivity index (χ3n) is 16.8. The molecule has 488 valence electrons. The normalized spacial score (nSPS) is 13.1. The van der Waals surface area contributed by atoms with Crippen LogP contribution in [0.5, 0.6) is 0 Å². The van der Waals surface area contributed by atoms with Crippen molar-refractivity contribution in [2.45, 2.75) is 392 Å². The summed E-state index contributed by atoms with van der Waals surface area (Å²) in [4.78, 5) is 35.9. The maximum atomic E-state index is 12.9. The number of esters is 2. The number of ether oxygens (including phenoxy) is 2. The van der Waals surface area contributed by atoms with Crippen LogP contribution in [0.2, 0.25) is 0 Å². The molecular weight excluding hydrogens is 1040 g/mol. The second-order valence-corrected chi connectivity index (χ2v) is 27.8. The summed E-state index contributed by atoms with van der Waals surface area (Å²) in [5, 5.41) is 0. The van der Waals surface area contributed by atoms with Gasteiger partial charge in [-0.3, -0.25) is 18.6 Å². The quantitative estimate of drug-likeness (QED) is 0.0211. The van der Waals surface area contributed by atoms with Crippen molar-refractivity contribution in [2.24, 2.45) is 0 Å². The van der Waals surface area contributed by atoms with Gasteiger partial charge < -0.3 is 18.9 Å². The van der Waals surface area contributed by atoms with Crippen LogP contribution in [-0.2, 0) is 32.7 Å². The number of nitrogens with zero attached hydrogens (tertiary/aromatic N) is 1. The maximum absolute atomic E-state index is 12.9. The first-order valence-corrected chi connectivity index (χ1v) is 37.9. The van der Waals surface area contributed by atoms with Gasteiger partial charge in [-0.15, -0.1) is 0 Å². The van der Waals surface area contributed by atoms with Crippen molar-refractivity contribution in [3.05, 3.63) is 12.2 Å². The molecule has 82 heavy (non-hydrogen) atoms. The Morgan fingerprint density at radius 1 is 0.366 bits per heavy atom. The van der Waals surface area contributed by atoms with E-state index in [1.807, 2.05) is 21.1 Å². The summed E-state index contributed by atoms with van der Waals surface area (Å²) < 4.78 is 34.8. The van der Waals surface area contributed by atoms with Crippen molar-refractivity contribution in [1.82, 2.24) is 0 Å². The van der Waals surface area contributed by atoms with Gasteiger partial charge in [-0.25, -0.2) is 4.57 Å². The average Bonchev–Trinajstić information content (AvgIpc) is 3.46. The predicted molar refractivity (Wildman–Crippen MR) is 354 cm³/mol. The zero-order chi connectivity index (χ0) is 59.8. The lowest BCUT2D eigenvalue weighted by Gasteiger charge is -2.24. The van der Waals surface area contributed by atoms with Crippen LogP contribution in [0.4, 0.5) is 0 Å². The molecule has 0 aliphatic carbocycles. The van der Waals surface area contributed by atoms with E-state index in [0.717, 1.165) is 32.1 Å². The molecule has 0 rings (SSSR count). The Morgan fingerprint density at radius 2 is 0.622 bits per heavy atom. The SMILES string of the molecule is CCCCCCCCCC/C=C\CCCCCCCCCCCCCCCCCC(=O)OC(COC(=O)CCCCCCCCCCCCCCCCCCCCCCCCCCCCCCCCC)COP(=O)(O)OCC[N+](C)(C)C. The molecule has 2 unspecified atom stereocenters. The number of quaternary nitrogens is 1. The molecule has 0 aromatic carbocycles. The van der Waals surface area contributed by atoms with E-state index in [9.17, 15) is 19.0 Å². The molecule has 0 saturated carbocycles. The highest BCUT2D eigenvalue weighted by Gasteiger charge is 2.27. The molecule has 0 aromatic rings. The Morgan fingerprint density at radius 3 is 0.902 bits per heavy atom. The summed E-state index contributed by atoms with van der Waals surface area (Å²) in [6.07, 6.45) is 79.1. The molecule has 0 spiro atoms. The number of phosphoric ester groups is 1. The van der Waals surface area contributed by atoms with Gasteiger partial charge in [0.15, 0.2) is 6.10 Å². The lowest BCUT2D eigenvalue weighted by molar-refractivity contribution is -0.870. The number of hydrogen-bond donors (Lipinski definition) is 1. The molecule has 0 bridgehead atoms. The molecule has 0 amide bonds. The van der Waals surface area contributed by atoms with Gasteiger partial charge in [0.2, 0.25) is 0 Å². The molecule has 10 heteroatoms. The van der Waals surface area contributed by atoms with E-state index >= 15 is 0 Å². The van der Waals surface area contributed by atoms with Crippen molar-refractivity contribution in [2.75, 3.05) is 47.5 Å². The maximum Gasteiger partial charge on any atom is 0.472 e. The molecule has 0 saturated heterocycles. The van der Waals surface area contributed by atoms with E-state index in [0.29, 0.717) is 23.9 Å². The van der Waals surface area contributed by atoms with Crippen LogP contribution in [0.3, 0.4) is 0 Å². The van der Waals surface area contributed by atoms with Gasteiger partial charge in [0.1, 0.15) is 19.8 Å². The van der Waals surface area contributed by atoms with Gasteiger partial charge in [0.05, 0.1) is 27.7 Å². The summed E-state index contributed by atoms with van der Waals surface area (Å²) in [5.41, 5.74) is 0. The minimum Gasteiger partial charge on any atom is -0.462 e. The Labute approximate surface area is 511 Å². The number of phosphoric acid groups is 1. The van der Waals surface area contributed by atoms with Crippen LogP contribution in [0.1, 0.15) is 386 Å². The number of hydrogen-bond acceptors (Lipinski definition) is 7. The third kappa shape index (κ3) is 67.9. The monoisotopic (exact) mass is 1180 g/mol. The van der Waals surface area contributed by atoms with Gasteiger partial charge >= 0.3 is 19.8 Å². The highest BCUT2D eigenvalue weighted by Crippen LogP contribution is 2.43. The number of rotatable bonds is 69. The molecule has 1 N–H and O–H groups in total. The first kappa shape index (κ1) is 80.8. The van der Waals surface area contributed by atoms with Crippen LogP contribution in [0, 0.1) is 0 Å². The largest absolute Gasteiger partial charge is 0.472 e. The van der Waals surface area contributed by atoms with E-state index in [-0.39, 0.29) is 25.6 Å². The van der Waals surface area contributed by atoms with Gasteiger partial charge in [0, 0.05) is 12.8 Å². The Bertz CT molecular complexity index is 1390. The molecule has 9 nitrogen and oxygen atoms in total. The Balaban J connectivity index is 3.96. The second-order valence-electron chi connectivity index (χ2n) is 26.3. The second kappa shape index (κ2) is 64.2. The van der Waals surface area contributed by atoms with Gasteiger partial charge in [-0.1, -0.05) is 347 Å².